The van der Waals surface area contributed by atoms with E-state index in [9.17, 15) is 4.79 Å². The standard InChI is InChI=1S/C15H28N2O.ClH/c1-12-5-4-6-13(8-7-12)17-14(18)15(11-16)9-2-3-10-15;/h12-13H,2-11,16H2,1H3,(H,17,18);1H. The summed E-state index contributed by atoms with van der Waals surface area (Å²) in [5.74, 6) is 1.06. The van der Waals surface area contributed by atoms with Gasteiger partial charge in [0, 0.05) is 12.6 Å². The molecule has 19 heavy (non-hydrogen) atoms. The largest absolute Gasteiger partial charge is 0.353 e. The fourth-order valence-corrected chi connectivity index (χ4v) is 3.55. The van der Waals surface area contributed by atoms with Crippen molar-refractivity contribution >= 4 is 18.3 Å². The summed E-state index contributed by atoms with van der Waals surface area (Å²) < 4.78 is 0. The smallest absolute Gasteiger partial charge is 0.227 e. The van der Waals surface area contributed by atoms with Crippen molar-refractivity contribution in [1.29, 1.82) is 0 Å². The van der Waals surface area contributed by atoms with Crippen molar-refractivity contribution in [2.45, 2.75) is 70.8 Å². The fraction of sp³-hybridized carbons (Fsp3) is 0.933. The monoisotopic (exact) mass is 288 g/mol. The Morgan fingerprint density at radius 3 is 2.47 bits per heavy atom. The lowest BCUT2D eigenvalue weighted by atomic mass is 9.85. The molecule has 2 aliphatic carbocycles. The van der Waals surface area contributed by atoms with Crippen molar-refractivity contribution in [3.63, 3.8) is 0 Å². The lowest BCUT2D eigenvalue weighted by molar-refractivity contribution is -0.131. The van der Waals surface area contributed by atoms with Crippen LogP contribution in [0.2, 0.25) is 0 Å². The van der Waals surface area contributed by atoms with Crippen molar-refractivity contribution in [2.75, 3.05) is 6.54 Å². The number of hydrogen-bond donors (Lipinski definition) is 2. The zero-order valence-corrected chi connectivity index (χ0v) is 12.9. The summed E-state index contributed by atoms with van der Waals surface area (Å²) in [6.45, 7) is 2.84. The number of nitrogens with two attached hydrogens (primary N) is 1. The SMILES string of the molecule is CC1CCCC(NC(=O)C2(CN)CCCC2)CC1.Cl. The van der Waals surface area contributed by atoms with Gasteiger partial charge in [0.1, 0.15) is 0 Å². The summed E-state index contributed by atoms with van der Waals surface area (Å²) in [5, 5.41) is 3.29. The van der Waals surface area contributed by atoms with E-state index in [-0.39, 0.29) is 23.7 Å². The molecule has 4 heteroatoms. The van der Waals surface area contributed by atoms with Gasteiger partial charge in [-0.25, -0.2) is 0 Å². The first-order chi connectivity index (χ1) is 8.66. The molecule has 0 aromatic rings. The Morgan fingerprint density at radius 2 is 1.84 bits per heavy atom. The first kappa shape index (κ1) is 16.8. The van der Waals surface area contributed by atoms with Crippen molar-refractivity contribution in [1.82, 2.24) is 5.32 Å². The van der Waals surface area contributed by atoms with Gasteiger partial charge in [-0.05, 0) is 38.0 Å². The van der Waals surface area contributed by atoms with Crippen molar-refractivity contribution in [2.24, 2.45) is 17.1 Å². The van der Waals surface area contributed by atoms with Crippen molar-refractivity contribution in [3.05, 3.63) is 0 Å². The molecule has 112 valence electrons. The predicted molar refractivity (Wildman–Crippen MR) is 81.4 cm³/mol. The van der Waals surface area contributed by atoms with E-state index < -0.39 is 0 Å². The van der Waals surface area contributed by atoms with Gasteiger partial charge in [-0.3, -0.25) is 4.79 Å². The second-order valence-electron chi connectivity index (χ2n) is 6.48. The third-order valence-electron chi connectivity index (χ3n) is 5.03. The van der Waals surface area contributed by atoms with Crippen molar-refractivity contribution in [3.8, 4) is 0 Å². The molecular weight excluding hydrogens is 260 g/mol. The predicted octanol–water partition coefficient (Wildman–Crippen LogP) is 3.01. The van der Waals surface area contributed by atoms with Gasteiger partial charge < -0.3 is 11.1 Å². The first-order valence-corrected chi connectivity index (χ1v) is 7.67. The van der Waals surface area contributed by atoms with Crippen LogP contribution in [-0.2, 0) is 4.79 Å². The second kappa shape index (κ2) is 7.49. The van der Waals surface area contributed by atoms with Gasteiger partial charge in [0.2, 0.25) is 5.91 Å². The molecule has 0 aromatic heterocycles. The molecule has 3 nitrogen and oxygen atoms in total. The van der Waals surface area contributed by atoms with E-state index in [1.165, 1.54) is 19.3 Å². The average molecular weight is 289 g/mol. The Balaban J connectivity index is 0.00000180. The van der Waals surface area contributed by atoms with Crippen LogP contribution in [-0.4, -0.2) is 18.5 Å². The maximum Gasteiger partial charge on any atom is 0.227 e. The third-order valence-corrected chi connectivity index (χ3v) is 5.03. The highest BCUT2D eigenvalue weighted by Crippen LogP contribution is 2.37. The van der Waals surface area contributed by atoms with Crippen LogP contribution in [0.25, 0.3) is 0 Å². The summed E-state index contributed by atoms with van der Waals surface area (Å²) in [6, 6.07) is 0.395. The maximum absolute atomic E-state index is 12.5. The van der Waals surface area contributed by atoms with Crippen LogP contribution >= 0.6 is 12.4 Å². The number of amides is 1. The van der Waals surface area contributed by atoms with Gasteiger partial charge in [0.05, 0.1) is 5.41 Å². The number of nitrogens with one attached hydrogen (secondary N) is 1. The zero-order valence-electron chi connectivity index (χ0n) is 12.1. The Hall–Kier alpha value is -0.280. The zero-order chi connectivity index (χ0) is 13.0. The molecule has 0 saturated heterocycles. The number of halogens is 1. The van der Waals surface area contributed by atoms with Gasteiger partial charge in [-0.1, -0.05) is 32.6 Å². The van der Waals surface area contributed by atoms with Gasteiger partial charge in [0.25, 0.3) is 0 Å². The summed E-state index contributed by atoms with van der Waals surface area (Å²) in [4.78, 5) is 12.5. The van der Waals surface area contributed by atoms with Crippen LogP contribution in [0.4, 0.5) is 0 Å². The van der Waals surface area contributed by atoms with Gasteiger partial charge in [0.15, 0.2) is 0 Å². The Labute approximate surface area is 123 Å². The molecule has 3 N–H and O–H groups in total. The molecule has 2 unspecified atom stereocenters. The summed E-state index contributed by atoms with van der Waals surface area (Å²) >= 11 is 0. The van der Waals surface area contributed by atoms with Crippen LogP contribution < -0.4 is 11.1 Å². The third kappa shape index (κ3) is 4.09. The molecule has 2 saturated carbocycles. The molecule has 0 aliphatic heterocycles. The van der Waals surface area contributed by atoms with E-state index in [4.69, 9.17) is 5.73 Å². The number of rotatable bonds is 3. The van der Waals surface area contributed by atoms with Crippen LogP contribution in [0, 0.1) is 11.3 Å². The van der Waals surface area contributed by atoms with E-state index in [0.29, 0.717) is 12.6 Å². The minimum absolute atomic E-state index is 0. The summed E-state index contributed by atoms with van der Waals surface area (Å²) in [5.41, 5.74) is 5.63. The molecule has 2 fully saturated rings. The van der Waals surface area contributed by atoms with Gasteiger partial charge in [-0.2, -0.15) is 0 Å². The molecule has 0 radical (unpaired) electrons. The van der Waals surface area contributed by atoms with Gasteiger partial charge in [-0.15, -0.1) is 12.4 Å². The minimum atomic E-state index is -0.238. The topological polar surface area (TPSA) is 55.1 Å². The Kier molecular flexibility index (Phi) is 6.61. The molecular formula is C15H29ClN2O. The molecule has 0 heterocycles. The minimum Gasteiger partial charge on any atom is -0.353 e. The number of carbonyl (C=O) groups is 1. The fourth-order valence-electron chi connectivity index (χ4n) is 3.55. The molecule has 0 bridgehead atoms. The van der Waals surface area contributed by atoms with Crippen LogP contribution in [0.15, 0.2) is 0 Å². The normalized spacial score (nSPS) is 30.2. The van der Waals surface area contributed by atoms with E-state index in [0.717, 1.165) is 44.4 Å². The van der Waals surface area contributed by atoms with E-state index >= 15 is 0 Å². The quantitative estimate of drug-likeness (QED) is 0.785. The summed E-state index contributed by atoms with van der Waals surface area (Å²) in [7, 11) is 0. The van der Waals surface area contributed by atoms with Crippen LogP contribution in [0.5, 0.6) is 0 Å². The van der Waals surface area contributed by atoms with Gasteiger partial charge >= 0.3 is 0 Å². The van der Waals surface area contributed by atoms with Crippen LogP contribution in [0.1, 0.15) is 64.7 Å². The lowest BCUT2D eigenvalue weighted by Crippen LogP contribution is -2.47. The van der Waals surface area contributed by atoms with E-state index in [1.54, 1.807) is 0 Å². The highest BCUT2D eigenvalue weighted by Gasteiger charge is 2.40. The molecule has 0 aromatic carbocycles. The number of carbonyl (C=O) groups excluding carboxylic acids is 1. The average Bonchev–Trinajstić information content (AvgIpc) is 2.77. The second-order valence-corrected chi connectivity index (χ2v) is 6.48. The van der Waals surface area contributed by atoms with E-state index in [1.807, 2.05) is 0 Å². The molecule has 2 atom stereocenters. The highest BCUT2D eigenvalue weighted by atomic mass is 35.5. The molecule has 2 aliphatic rings. The molecule has 1 amide bonds. The lowest BCUT2D eigenvalue weighted by Gasteiger charge is -2.28. The molecule has 0 spiro atoms. The Bertz CT molecular complexity index is 290. The highest BCUT2D eigenvalue weighted by molar-refractivity contribution is 5.85. The number of hydrogen-bond acceptors (Lipinski definition) is 2. The maximum atomic E-state index is 12.5. The van der Waals surface area contributed by atoms with E-state index in [2.05, 4.69) is 12.2 Å². The molecule has 2 rings (SSSR count). The summed E-state index contributed by atoms with van der Waals surface area (Å²) in [6.07, 6.45) is 10.4. The van der Waals surface area contributed by atoms with Crippen LogP contribution in [0.3, 0.4) is 0 Å². The van der Waals surface area contributed by atoms with Crippen molar-refractivity contribution < 1.29 is 4.79 Å². The first-order valence-electron chi connectivity index (χ1n) is 7.67. The Morgan fingerprint density at radius 1 is 1.16 bits per heavy atom.